The van der Waals surface area contributed by atoms with E-state index < -0.39 is 6.09 Å². The smallest absolute Gasteiger partial charge is 0.408 e. The molecule has 0 aliphatic heterocycles. The van der Waals surface area contributed by atoms with Gasteiger partial charge in [0.2, 0.25) is 0 Å². The highest BCUT2D eigenvalue weighted by atomic mass is 16.6. The van der Waals surface area contributed by atoms with Crippen LogP contribution in [-0.4, -0.2) is 24.9 Å². The highest BCUT2D eigenvalue weighted by Gasteiger charge is 2.16. The summed E-state index contributed by atoms with van der Waals surface area (Å²) in [4.78, 5) is 18.5. The zero-order chi connectivity index (χ0) is 19.5. The quantitative estimate of drug-likeness (QED) is 0.398. The number of carbonyl (C=O) groups is 1. The number of ether oxygens (including phenoxy) is 1. The predicted molar refractivity (Wildman–Crippen MR) is 113 cm³/mol. The zero-order valence-electron chi connectivity index (χ0n) is 15.8. The first-order chi connectivity index (χ1) is 13.7. The first-order valence-corrected chi connectivity index (χ1v) is 9.13. The molecule has 0 spiro atoms. The third-order valence-electron chi connectivity index (χ3n) is 4.65. The maximum atomic E-state index is 11.7. The van der Waals surface area contributed by atoms with Gasteiger partial charge in [0.05, 0.1) is 16.7 Å². The summed E-state index contributed by atoms with van der Waals surface area (Å²) < 4.78 is 5.39. The van der Waals surface area contributed by atoms with Crippen molar-refractivity contribution in [1.29, 1.82) is 0 Å². The standard InChI is InChI=1S/C23H21N3O2/c1-16-12-21-19(14-17-8-6-7-11-20(17)25-21)22(13-16)26(15-28-23(27)24-2)18-9-4-3-5-10-18/h3-14H,15H2,1-2H3,(H,24,27). The van der Waals surface area contributed by atoms with E-state index in [9.17, 15) is 4.79 Å². The molecule has 1 amide bonds. The summed E-state index contributed by atoms with van der Waals surface area (Å²) in [5.41, 5.74) is 4.84. The number of nitrogens with one attached hydrogen (secondary N) is 1. The Morgan fingerprint density at radius 3 is 2.54 bits per heavy atom. The number of aryl methyl sites for hydroxylation is 1. The van der Waals surface area contributed by atoms with E-state index in [1.54, 1.807) is 7.05 Å². The van der Waals surface area contributed by atoms with Crippen LogP contribution in [0, 0.1) is 6.92 Å². The molecule has 28 heavy (non-hydrogen) atoms. The molecule has 4 rings (SSSR count). The average molecular weight is 371 g/mol. The van der Waals surface area contributed by atoms with Gasteiger partial charge in [0.1, 0.15) is 0 Å². The molecular formula is C23H21N3O2. The lowest BCUT2D eigenvalue weighted by Gasteiger charge is -2.26. The lowest BCUT2D eigenvalue weighted by atomic mass is 10.1. The highest BCUT2D eigenvalue weighted by molar-refractivity contribution is 6.01. The van der Waals surface area contributed by atoms with Crippen molar-refractivity contribution in [2.75, 3.05) is 18.7 Å². The Labute approximate surface area is 163 Å². The van der Waals surface area contributed by atoms with Gasteiger partial charge >= 0.3 is 6.09 Å². The lowest BCUT2D eigenvalue weighted by Crippen LogP contribution is -2.28. The molecule has 0 fully saturated rings. The number of carbonyl (C=O) groups excluding carboxylic acids is 1. The van der Waals surface area contributed by atoms with Crippen LogP contribution in [0.4, 0.5) is 16.2 Å². The SMILES string of the molecule is CNC(=O)OCN(c1ccccc1)c1cc(C)cc2nc3ccccc3cc12. The van der Waals surface area contributed by atoms with E-state index in [-0.39, 0.29) is 6.73 Å². The molecule has 3 aromatic carbocycles. The molecule has 0 aliphatic rings. The minimum absolute atomic E-state index is 0.0923. The van der Waals surface area contributed by atoms with Gasteiger partial charge < -0.3 is 15.0 Å². The van der Waals surface area contributed by atoms with Crippen molar-refractivity contribution >= 4 is 39.3 Å². The second kappa shape index (κ2) is 7.56. The molecule has 0 unspecified atom stereocenters. The number of nitrogens with zero attached hydrogens (tertiary/aromatic N) is 2. The van der Waals surface area contributed by atoms with Crippen LogP contribution in [0.3, 0.4) is 0 Å². The van der Waals surface area contributed by atoms with Crippen LogP contribution in [-0.2, 0) is 4.74 Å². The van der Waals surface area contributed by atoms with Gasteiger partial charge in [0.25, 0.3) is 0 Å². The Morgan fingerprint density at radius 1 is 1.00 bits per heavy atom. The Kier molecular flexibility index (Phi) is 4.81. The lowest BCUT2D eigenvalue weighted by molar-refractivity contribution is 0.151. The number of hydrogen-bond acceptors (Lipinski definition) is 4. The third-order valence-corrected chi connectivity index (χ3v) is 4.65. The van der Waals surface area contributed by atoms with E-state index >= 15 is 0 Å². The number of pyridine rings is 1. The number of rotatable bonds is 4. The van der Waals surface area contributed by atoms with Crippen molar-refractivity contribution in [3.05, 3.63) is 78.4 Å². The number of hydrogen-bond donors (Lipinski definition) is 1. The van der Waals surface area contributed by atoms with E-state index in [0.29, 0.717) is 0 Å². The summed E-state index contributed by atoms with van der Waals surface area (Å²) in [5, 5.41) is 4.57. The van der Waals surface area contributed by atoms with Crippen LogP contribution in [0.5, 0.6) is 0 Å². The number of aromatic nitrogens is 1. The van der Waals surface area contributed by atoms with Gasteiger partial charge in [-0.2, -0.15) is 0 Å². The maximum absolute atomic E-state index is 11.7. The molecule has 1 aromatic heterocycles. The Bertz CT molecular complexity index is 1140. The van der Waals surface area contributed by atoms with Crippen LogP contribution in [0.15, 0.2) is 72.8 Å². The molecule has 140 valence electrons. The van der Waals surface area contributed by atoms with E-state index in [0.717, 1.165) is 38.7 Å². The fraction of sp³-hybridized carbons (Fsp3) is 0.130. The van der Waals surface area contributed by atoms with E-state index in [4.69, 9.17) is 9.72 Å². The normalized spacial score (nSPS) is 10.8. The Balaban J connectivity index is 1.91. The largest absolute Gasteiger partial charge is 0.428 e. The van der Waals surface area contributed by atoms with Crippen LogP contribution in [0.1, 0.15) is 5.56 Å². The monoisotopic (exact) mass is 371 g/mol. The summed E-state index contributed by atoms with van der Waals surface area (Å²) >= 11 is 0. The Hall–Kier alpha value is -3.60. The molecule has 5 nitrogen and oxygen atoms in total. The number of alkyl carbamates (subject to hydrolysis) is 1. The van der Waals surface area contributed by atoms with Crippen molar-refractivity contribution in [3.63, 3.8) is 0 Å². The fourth-order valence-corrected chi connectivity index (χ4v) is 3.31. The summed E-state index contributed by atoms with van der Waals surface area (Å²) in [7, 11) is 1.55. The average Bonchev–Trinajstić information content (AvgIpc) is 2.73. The number of para-hydroxylation sites is 2. The van der Waals surface area contributed by atoms with Crippen LogP contribution in [0.25, 0.3) is 21.8 Å². The van der Waals surface area contributed by atoms with Crippen molar-refractivity contribution in [1.82, 2.24) is 10.3 Å². The van der Waals surface area contributed by atoms with E-state index in [1.807, 2.05) is 60.4 Å². The third kappa shape index (κ3) is 3.47. The number of benzene rings is 3. The fourth-order valence-electron chi connectivity index (χ4n) is 3.31. The van der Waals surface area contributed by atoms with Crippen LogP contribution >= 0.6 is 0 Å². The van der Waals surface area contributed by atoms with E-state index in [1.165, 1.54) is 0 Å². The first kappa shape index (κ1) is 17.8. The van der Waals surface area contributed by atoms with Crippen molar-refractivity contribution in [2.45, 2.75) is 6.92 Å². The number of amides is 1. The molecule has 0 atom stereocenters. The number of fused-ring (bicyclic) bond motifs is 2. The predicted octanol–water partition coefficient (Wildman–Crippen LogP) is 5.15. The highest BCUT2D eigenvalue weighted by Crippen LogP contribution is 2.34. The molecule has 0 bridgehead atoms. The second-order valence-corrected chi connectivity index (χ2v) is 6.61. The van der Waals surface area contributed by atoms with Crippen molar-refractivity contribution < 1.29 is 9.53 Å². The Morgan fingerprint density at radius 2 is 1.75 bits per heavy atom. The minimum atomic E-state index is -0.471. The van der Waals surface area contributed by atoms with Gasteiger partial charge in [-0.25, -0.2) is 9.78 Å². The summed E-state index contributed by atoms with van der Waals surface area (Å²) in [6.07, 6.45) is -0.471. The molecular weight excluding hydrogens is 350 g/mol. The molecule has 4 aromatic rings. The topological polar surface area (TPSA) is 54.5 Å². The molecule has 5 heteroatoms. The molecule has 1 N–H and O–H groups in total. The molecule has 1 heterocycles. The first-order valence-electron chi connectivity index (χ1n) is 9.13. The summed E-state index contributed by atoms with van der Waals surface area (Å²) in [6.45, 7) is 2.14. The summed E-state index contributed by atoms with van der Waals surface area (Å²) in [6, 6.07) is 24.3. The van der Waals surface area contributed by atoms with Crippen LogP contribution < -0.4 is 10.2 Å². The van der Waals surface area contributed by atoms with Gasteiger partial charge in [-0.15, -0.1) is 0 Å². The van der Waals surface area contributed by atoms with Gasteiger partial charge in [0, 0.05) is 23.5 Å². The van der Waals surface area contributed by atoms with Gasteiger partial charge in [0.15, 0.2) is 6.73 Å². The number of anilines is 2. The maximum Gasteiger partial charge on any atom is 0.408 e. The molecule has 0 radical (unpaired) electrons. The molecule has 0 aliphatic carbocycles. The van der Waals surface area contributed by atoms with Gasteiger partial charge in [-0.05, 0) is 48.9 Å². The van der Waals surface area contributed by atoms with Crippen LogP contribution in [0.2, 0.25) is 0 Å². The van der Waals surface area contributed by atoms with Gasteiger partial charge in [-0.1, -0.05) is 36.4 Å². The molecule has 0 saturated heterocycles. The van der Waals surface area contributed by atoms with Gasteiger partial charge in [-0.3, -0.25) is 0 Å². The summed E-state index contributed by atoms with van der Waals surface area (Å²) in [5.74, 6) is 0. The van der Waals surface area contributed by atoms with Crippen molar-refractivity contribution in [3.8, 4) is 0 Å². The second-order valence-electron chi connectivity index (χ2n) is 6.61. The minimum Gasteiger partial charge on any atom is -0.428 e. The van der Waals surface area contributed by atoms with Crippen molar-refractivity contribution in [2.24, 2.45) is 0 Å². The van der Waals surface area contributed by atoms with E-state index in [2.05, 4.69) is 29.6 Å². The zero-order valence-corrected chi connectivity index (χ0v) is 15.8. The molecule has 0 saturated carbocycles.